The van der Waals surface area contributed by atoms with Gasteiger partial charge >= 0.3 is 6.18 Å². The maximum absolute atomic E-state index is 12.9. The number of halogens is 4. The van der Waals surface area contributed by atoms with Gasteiger partial charge in [0, 0.05) is 17.6 Å². The molecule has 0 aliphatic heterocycles. The van der Waals surface area contributed by atoms with Gasteiger partial charge in [0.15, 0.2) is 0 Å². The molecule has 5 nitrogen and oxygen atoms in total. The summed E-state index contributed by atoms with van der Waals surface area (Å²) in [4.78, 5) is 12.2. The molecule has 2 rings (SSSR count). The number of aryl methyl sites for hydroxylation is 1. The van der Waals surface area contributed by atoms with Gasteiger partial charge in [-0.1, -0.05) is 23.7 Å². The minimum atomic E-state index is -4.62. The van der Waals surface area contributed by atoms with Crippen LogP contribution in [-0.4, -0.2) is 19.9 Å². The van der Waals surface area contributed by atoms with Crippen LogP contribution in [0, 0.1) is 0 Å². The van der Waals surface area contributed by atoms with Crippen molar-refractivity contribution in [1.29, 1.82) is 0 Å². The predicted molar refractivity (Wildman–Crippen MR) is 110 cm³/mol. The van der Waals surface area contributed by atoms with Crippen LogP contribution in [0.3, 0.4) is 0 Å². The van der Waals surface area contributed by atoms with Crippen LogP contribution < -0.4 is 10.0 Å². The Balaban J connectivity index is 1.99. The van der Waals surface area contributed by atoms with E-state index >= 15 is 0 Å². The van der Waals surface area contributed by atoms with Crippen LogP contribution in [0.4, 0.5) is 18.9 Å². The van der Waals surface area contributed by atoms with Gasteiger partial charge in [0.05, 0.1) is 15.5 Å². The Bertz CT molecular complexity index is 1020. The van der Waals surface area contributed by atoms with Crippen molar-refractivity contribution in [3.8, 4) is 0 Å². The Morgan fingerprint density at radius 1 is 1.03 bits per heavy atom. The highest BCUT2D eigenvalue weighted by Gasteiger charge is 2.33. The second-order valence-electron chi connectivity index (χ2n) is 7.74. The summed E-state index contributed by atoms with van der Waals surface area (Å²) in [5, 5.41) is 1.96. The lowest BCUT2D eigenvalue weighted by atomic mass is 10.1. The Kier molecular flexibility index (Phi) is 7.21. The molecule has 2 N–H and O–H groups in total. The summed E-state index contributed by atoms with van der Waals surface area (Å²) in [6, 6.07) is 9.21. The van der Waals surface area contributed by atoms with Crippen LogP contribution in [0.15, 0.2) is 47.4 Å². The molecule has 0 aliphatic rings. The van der Waals surface area contributed by atoms with E-state index in [1.807, 2.05) is 0 Å². The maximum Gasteiger partial charge on any atom is 0.417 e. The summed E-state index contributed by atoms with van der Waals surface area (Å²) in [6.45, 7) is 5.20. The van der Waals surface area contributed by atoms with Gasteiger partial charge in [0.2, 0.25) is 15.9 Å². The smallest absolute Gasteiger partial charge is 0.326 e. The topological polar surface area (TPSA) is 75.3 Å². The summed E-state index contributed by atoms with van der Waals surface area (Å²) in [5.74, 6) is -0.475. The summed E-state index contributed by atoms with van der Waals surface area (Å²) in [6.07, 6.45) is -4.32. The van der Waals surface area contributed by atoms with Crippen LogP contribution in [0.5, 0.6) is 0 Å². The first kappa shape index (κ1) is 24.2. The number of hydrogen-bond donors (Lipinski definition) is 2. The van der Waals surface area contributed by atoms with E-state index in [9.17, 15) is 26.4 Å². The number of nitrogens with one attached hydrogen (secondary N) is 2. The summed E-state index contributed by atoms with van der Waals surface area (Å²) >= 11 is 5.56. The van der Waals surface area contributed by atoms with E-state index in [0.717, 1.165) is 12.1 Å². The Morgan fingerprint density at radius 3 is 2.17 bits per heavy atom. The molecule has 0 saturated carbocycles. The van der Waals surface area contributed by atoms with E-state index in [-0.39, 0.29) is 17.0 Å². The zero-order valence-electron chi connectivity index (χ0n) is 16.6. The average molecular weight is 463 g/mol. The van der Waals surface area contributed by atoms with E-state index in [1.165, 1.54) is 18.2 Å². The number of hydrogen-bond acceptors (Lipinski definition) is 3. The van der Waals surface area contributed by atoms with Crippen LogP contribution in [0.1, 0.15) is 38.3 Å². The highest BCUT2D eigenvalue weighted by Crippen LogP contribution is 2.36. The molecule has 0 aromatic heterocycles. The second kappa shape index (κ2) is 8.95. The van der Waals surface area contributed by atoms with E-state index in [0.29, 0.717) is 12.0 Å². The molecule has 0 aliphatic carbocycles. The van der Waals surface area contributed by atoms with E-state index in [4.69, 9.17) is 11.6 Å². The molecule has 0 atom stereocenters. The quantitative estimate of drug-likeness (QED) is 0.633. The maximum atomic E-state index is 12.9. The van der Waals surface area contributed by atoms with Crippen molar-refractivity contribution in [2.45, 2.75) is 50.2 Å². The third kappa shape index (κ3) is 7.00. The van der Waals surface area contributed by atoms with Crippen molar-refractivity contribution in [3.63, 3.8) is 0 Å². The first-order valence-electron chi connectivity index (χ1n) is 8.97. The van der Waals surface area contributed by atoms with Gasteiger partial charge in [-0.05, 0) is 63.1 Å². The number of benzene rings is 2. The third-order valence-corrected chi connectivity index (χ3v) is 5.97. The molecule has 164 valence electrons. The Morgan fingerprint density at radius 2 is 1.63 bits per heavy atom. The number of alkyl halides is 3. The van der Waals surface area contributed by atoms with Gasteiger partial charge in [-0.15, -0.1) is 0 Å². The predicted octanol–water partition coefficient (Wildman–Crippen LogP) is 5.01. The number of amides is 1. The molecule has 0 bridgehead atoms. The number of rotatable bonds is 6. The number of sulfonamides is 1. The van der Waals surface area contributed by atoms with Gasteiger partial charge < -0.3 is 5.32 Å². The number of anilines is 1. The van der Waals surface area contributed by atoms with Crippen molar-refractivity contribution in [3.05, 3.63) is 58.6 Å². The van der Waals surface area contributed by atoms with Crippen LogP contribution >= 0.6 is 11.6 Å². The van der Waals surface area contributed by atoms with Crippen LogP contribution in [0.2, 0.25) is 5.02 Å². The molecule has 0 unspecified atom stereocenters. The fraction of sp³-hybridized carbons (Fsp3) is 0.350. The van der Waals surface area contributed by atoms with Crippen LogP contribution in [0.25, 0.3) is 0 Å². The van der Waals surface area contributed by atoms with Crippen molar-refractivity contribution in [1.82, 2.24) is 4.72 Å². The lowest BCUT2D eigenvalue weighted by Crippen LogP contribution is -2.40. The molecule has 0 fully saturated rings. The van der Waals surface area contributed by atoms with Crippen molar-refractivity contribution in [2.75, 3.05) is 5.32 Å². The molecular weight excluding hydrogens is 441 g/mol. The standard InChI is InChI=1S/C20H22ClF3N2O3S/c1-19(2,3)26-30(28,29)15-8-4-13(5-9-15)6-11-18(27)25-14-7-10-17(21)16(12-14)20(22,23)24/h4-5,7-10,12,26H,6,11H2,1-3H3,(H,25,27). The highest BCUT2D eigenvalue weighted by molar-refractivity contribution is 7.89. The molecule has 0 radical (unpaired) electrons. The van der Waals surface area contributed by atoms with Crippen molar-refractivity contribution in [2.24, 2.45) is 0 Å². The number of carbonyl (C=O) groups is 1. The largest absolute Gasteiger partial charge is 0.417 e. The van der Waals surface area contributed by atoms with Crippen LogP contribution in [-0.2, 0) is 27.4 Å². The fourth-order valence-electron chi connectivity index (χ4n) is 2.60. The van der Waals surface area contributed by atoms with Gasteiger partial charge in [0.25, 0.3) is 0 Å². The van der Waals surface area contributed by atoms with E-state index in [2.05, 4.69) is 10.0 Å². The molecule has 0 heterocycles. The van der Waals surface area contributed by atoms with Gasteiger partial charge in [-0.25, -0.2) is 13.1 Å². The minimum absolute atomic E-state index is 0.00794. The second-order valence-corrected chi connectivity index (χ2v) is 9.83. The van der Waals surface area contributed by atoms with Crippen molar-refractivity contribution < 1.29 is 26.4 Å². The minimum Gasteiger partial charge on any atom is -0.326 e. The number of carbonyl (C=O) groups excluding carboxylic acids is 1. The molecule has 1 amide bonds. The molecule has 30 heavy (non-hydrogen) atoms. The fourth-order valence-corrected chi connectivity index (χ4v) is 4.24. The Labute approximate surface area is 178 Å². The highest BCUT2D eigenvalue weighted by atomic mass is 35.5. The molecule has 10 heteroatoms. The molecule has 0 spiro atoms. The molecule has 2 aromatic rings. The lowest BCUT2D eigenvalue weighted by Gasteiger charge is -2.20. The van der Waals surface area contributed by atoms with E-state index < -0.39 is 38.2 Å². The van der Waals surface area contributed by atoms with Gasteiger partial charge in [-0.3, -0.25) is 4.79 Å². The summed E-state index contributed by atoms with van der Waals surface area (Å²) < 4.78 is 65.8. The third-order valence-electron chi connectivity index (χ3n) is 3.87. The summed E-state index contributed by atoms with van der Waals surface area (Å²) in [5.41, 5.74) is -0.940. The summed E-state index contributed by atoms with van der Waals surface area (Å²) in [7, 11) is -3.66. The first-order valence-corrected chi connectivity index (χ1v) is 10.8. The first-order chi connectivity index (χ1) is 13.7. The average Bonchev–Trinajstić information content (AvgIpc) is 2.59. The Hall–Kier alpha value is -2.10. The van der Waals surface area contributed by atoms with Gasteiger partial charge in [0.1, 0.15) is 0 Å². The molecule has 0 saturated heterocycles. The monoisotopic (exact) mass is 462 g/mol. The molecular formula is C20H22ClF3N2O3S. The SMILES string of the molecule is CC(C)(C)NS(=O)(=O)c1ccc(CCC(=O)Nc2ccc(Cl)c(C(F)(F)F)c2)cc1. The molecule has 2 aromatic carbocycles. The normalized spacial score (nSPS) is 12.6. The zero-order valence-corrected chi connectivity index (χ0v) is 18.2. The lowest BCUT2D eigenvalue weighted by molar-refractivity contribution is -0.137. The van der Waals surface area contributed by atoms with Gasteiger partial charge in [-0.2, -0.15) is 13.2 Å². The zero-order chi connectivity index (χ0) is 22.7. The van der Waals surface area contributed by atoms with E-state index in [1.54, 1.807) is 32.9 Å². The van der Waals surface area contributed by atoms with Crippen molar-refractivity contribution >= 4 is 33.2 Å².